The van der Waals surface area contributed by atoms with Crippen LogP contribution in [0.5, 0.6) is 17.4 Å². The Kier molecular flexibility index (Phi) is 9.64. The largest absolute Gasteiger partial charge is 0.492 e. The first-order valence-corrected chi connectivity index (χ1v) is 16.2. The van der Waals surface area contributed by atoms with Gasteiger partial charge in [0.25, 0.3) is 5.91 Å². The summed E-state index contributed by atoms with van der Waals surface area (Å²) in [6, 6.07) is 12.6. The number of fused-ring (bicyclic) bond motifs is 1. The molecule has 2 N–H and O–H groups in total. The minimum atomic E-state index is -3.61. The third-order valence-electron chi connectivity index (χ3n) is 7.57. The number of rotatable bonds is 8. The number of sulfonamides is 1. The molecule has 1 fully saturated rings. The van der Waals surface area contributed by atoms with E-state index in [9.17, 15) is 13.2 Å². The molecule has 4 aromatic rings. The number of anilines is 3. The third-order valence-corrected chi connectivity index (χ3v) is 8.16. The van der Waals surface area contributed by atoms with E-state index >= 15 is 0 Å². The molecule has 45 heavy (non-hydrogen) atoms. The number of ether oxygens (including phenoxy) is 2. The second-order valence-electron chi connectivity index (χ2n) is 12.1. The van der Waals surface area contributed by atoms with Crippen LogP contribution in [0.2, 0.25) is 0 Å². The number of hydrogen-bond acceptors (Lipinski definition) is 9. The smallest absolute Gasteiger partial charge is 0.272 e. The number of nitrogens with one attached hydrogen (secondary N) is 2. The monoisotopic (exact) mass is 637 g/mol. The highest BCUT2D eigenvalue weighted by Crippen LogP contribution is 2.40. The Morgan fingerprint density at radius 2 is 1.69 bits per heavy atom. The summed E-state index contributed by atoms with van der Waals surface area (Å²) in [5.74, 6) is 1.37. The highest BCUT2D eigenvalue weighted by molar-refractivity contribution is 7.92. The van der Waals surface area contributed by atoms with Gasteiger partial charge in [0.1, 0.15) is 5.69 Å². The molecule has 0 atom stereocenters. The fourth-order valence-corrected chi connectivity index (χ4v) is 5.73. The second kappa shape index (κ2) is 12.9. The Morgan fingerprint density at radius 1 is 1.00 bits per heavy atom. The summed E-state index contributed by atoms with van der Waals surface area (Å²) in [4.78, 5) is 27.3. The lowest BCUT2D eigenvalue weighted by atomic mass is 9.86. The standard InChI is InChI=1S/C31H39N7O5S.CH4/c1-31(2,3)21-18-22(28(42-6)23(19-21)35-44(7,40)41)33-29(39)24-17-20-9-8-10-25(27(20)37(24)5)43-26-11-12-32-30(34-26)38-15-13-36(4)14-16-38;/h8-12,17-19,35H,13-16H2,1-7H3,(H,33,39);1H4. The molecule has 5 rings (SSSR count). The SMILES string of the molecule is C.COc1c(NC(=O)c2cc3cccc(Oc4ccnc(N5CCN(C)CC5)n4)c3n2C)cc(C(C)(C)C)cc1NS(C)(=O)=O. The van der Waals surface area contributed by atoms with Gasteiger partial charge < -0.3 is 29.2 Å². The molecule has 2 aromatic carbocycles. The summed E-state index contributed by atoms with van der Waals surface area (Å²) < 4.78 is 40.4. The molecule has 12 nitrogen and oxygen atoms in total. The molecule has 13 heteroatoms. The van der Waals surface area contributed by atoms with Gasteiger partial charge in [-0.2, -0.15) is 4.98 Å². The molecule has 3 heterocycles. The van der Waals surface area contributed by atoms with Crippen LogP contribution in [0.1, 0.15) is 44.2 Å². The third kappa shape index (κ3) is 7.48. The zero-order valence-electron chi connectivity index (χ0n) is 26.1. The number of piperazine rings is 1. The van der Waals surface area contributed by atoms with Gasteiger partial charge in [-0.3, -0.25) is 9.52 Å². The van der Waals surface area contributed by atoms with Crippen molar-refractivity contribution in [3.63, 3.8) is 0 Å². The van der Waals surface area contributed by atoms with E-state index in [0.717, 1.165) is 43.4 Å². The first-order valence-electron chi connectivity index (χ1n) is 14.3. The van der Waals surface area contributed by atoms with E-state index in [0.29, 0.717) is 34.5 Å². The number of hydrogen-bond donors (Lipinski definition) is 2. The van der Waals surface area contributed by atoms with Gasteiger partial charge in [-0.15, -0.1) is 0 Å². The average molecular weight is 638 g/mol. The number of methoxy groups -OCH3 is 1. The first kappa shape index (κ1) is 33.5. The molecule has 1 amide bonds. The van der Waals surface area contributed by atoms with Gasteiger partial charge in [0.05, 0.1) is 30.3 Å². The van der Waals surface area contributed by atoms with Gasteiger partial charge in [-0.25, -0.2) is 13.4 Å². The molecule has 0 spiro atoms. The van der Waals surface area contributed by atoms with Crippen molar-refractivity contribution in [3.8, 4) is 17.4 Å². The number of aryl methyl sites for hydroxylation is 1. The quantitative estimate of drug-likeness (QED) is 0.272. The van der Waals surface area contributed by atoms with Crippen LogP contribution >= 0.6 is 0 Å². The fourth-order valence-electron chi connectivity index (χ4n) is 5.18. The lowest BCUT2D eigenvalue weighted by Crippen LogP contribution is -2.45. The molecule has 242 valence electrons. The van der Waals surface area contributed by atoms with Crippen molar-refractivity contribution >= 4 is 44.2 Å². The normalized spacial score (nSPS) is 14.2. The van der Waals surface area contributed by atoms with Crippen molar-refractivity contribution in [2.24, 2.45) is 7.05 Å². The molecule has 0 unspecified atom stereocenters. The molecule has 2 aromatic heterocycles. The molecular weight excluding hydrogens is 594 g/mol. The molecule has 0 saturated carbocycles. The van der Waals surface area contributed by atoms with Crippen molar-refractivity contribution < 1.29 is 22.7 Å². The number of amides is 1. The van der Waals surface area contributed by atoms with Crippen LogP contribution in [0, 0.1) is 0 Å². The van der Waals surface area contributed by atoms with Gasteiger partial charge in [-0.05, 0) is 42.3 Å². The Balaban J connectivity index is 0.00000461. The van der Waals surface area contributed by atoms with E-state index in [4.69, 9.17) is 9.47 Å². The van der Waals surface area contributed by atoms with Gasteiger partial charge >= 0.3 is 0 Å². The van der Waals surface area contributed by atoms with Crippen LogP contribution in [-0.2, 0) is 22.5 Å². The Bertz CT molecular complexity index is 1810. The van der Waals surface area contributed by atoms with Crippen LogP contribution in [0.15, 0.2) is 48.7 Å². The van der Waals surface area contributed by atoms with Crippen LogP contribution < -0.4 is 24.4 Å². The van der Waals surface area contributed by atoms with Gasteiger partial charge in [-0.1, -0.05) is 40.3 Å². The molecule has 0 bridgehead atoms. The number of likely N-dealkylation sites (N-methyl/N-ethyl adjacent to an activating group) is 1. The van der Waals surface area contributed by atoms with Crippen molar-refractivity contribution in [1.29, 1.82) is 0 Å². The topological polar surface area (TPSA) is 131 Å². The lowest BCUT2D eigenvalue weighted by Gasteiger charge is -2.32. The van der Waals surface area contributed by atoms with Crippen LogP contribution in [0.25, 0.3) is 10.9 Å². The van der Waals surface area contributed by atoms with Gasteiger partial charge in [0.15, 0.2) is 11.5 Å². The van der Waals surface area contributed by atoms with Crippen LogP contribution in [0.4, 0.5) is 17.3 Å². The van der Waals surface area contributed by atoms with E-state index < -0.39 is 15.9 Å². The molecule has 0 radical (unpaired) electrons. The predicted octanol–water partition coefficient (Wildman–Crippen LogP) is 5.08. The molecule has 1 aliphatic heterocycles. The van der Waals surface area contributed by atoms with Crippen LogP contribution in [-0.4, -0.2) is 80.4 Å². The number of para-hydroxylation sites is 1. The number of nitrogens with zero attached hydrogens (tertiary/aromatic N) is 5. The minimum absolute atomic E-state index is 0. The molecule has 1 aliphatic rings. The Labute approximate surface area is 265 Å². The average Bonchev–Trinajstić information content (AvgIpc) is 3.29. The van der Waals surface area contributed by atoms with Gasteiger partial charge in [0.2, 0.25) is 21.9 Å². The van der Waals surface area contributed by atoms with E-state index in [1.54, 1.807) is 42.1 Å². The van der Waals surface area contributed by atoms with E-state index in [-0.39, 0.29) is 24.3 Å². The number of benzene rings is 2. The predicted molar refractivity (Wildman–Crippen MR) is 180 cm³/mol. The van der Waals surface area contributed by atoms with Crippen molar-refractivity contribution in [1.82, 2.24) is 19.4 Å². The molecule has 1 saturated heterocycles. The zero-order chi connectivity index (χ0) is 31.8. The maximum Gasteiger partial charge on any atom is 0.272 e. The van der Waals surface area contributed by atoms with E-state index in [1.165, 1.54) is 7.11 Å². The molecule has 0 aliphatic carbocycles. The lowest BCUT2D eigenvalue weighted by molar-refractivity contribution is 0.101. The summed E-state index contributed by atoms with van der Waals surface area (Å²) in [6.45, 7) is 9.54. The fraction of sp³-hybridized carbons (Fsp3) is 0.406. The van der Waals surface area contributed by atoms with Crippen molar-refractivity contribution in [3.05, 3.63) is 59.9 Å². The van der Waals surface area contributed by atoms with Crippen molar-refractivity contribution in [2.75, 3.05) is 61.5 Å². The van der Waals surface area contributed by atoms with Gasteiger partial charge in [0, 0.05) is 50.9 Å². The van der Waals surface area contributed by atoms with Crippen LogP contribution in [0.3, 0.4) is 0 Å². The summed E-state index contributed by atoms with van der Waals surface area (Å²) in [5, 5.41) is 3.75. The number of aromatic nitrogens is 3. The van der Waals surface area contributed by atoms with Crippen molar-refractivity contribution in [2.45, 2.75) is 33.6 Å². The first-order chi connectivity index (χ1) is 20.7. The highest BCUT2D eigenvalue weighted by atomic mass is 32.2. The summed E-state index contributed by atoms with van der Waals surface area (Å²) in [5.41, 5.74) is 2.15. The number of carbonyl (C=O) groups is 1. The maximum absolute atomic E-state index is 13.7. The minimum Gasteiger partial charge on any atom is -0.492 e. The number of carbonyl (C=O) groups excluding carboxylic acids is 1. The molecular formula is C32H43N7O5S. The summed E-state index contributed by atoms with van der Waals surface area (Å²) >= 11 is 0. The summed E-state index contributed by atoms with van der Waals surface area (Å²) in [7, 11) is 1.71. The maximum atomic E-state index is 13.7. The van der Waals surface area contributed by atoms with E-state index in [1.807, 2.05) is 39.0 Å². The highest BCUT2D eigenvalue weighted by Gasteiger charge is 2.24. The summed E-state index contributed by atoms with van der Waals surface area (Å²) in [6.07, 6.45) is 2.75. The van der Waals surface area contributed by atoms with E-state index in [2.05, 4.69) is 36.9 Å². The second-order valence-corrected chi connectivity index (χ2v) is 13.8. The Morgan fingerprint density at radius 3 is 2.33 bits per heavy atom. The Hall–Kier alpha value is -4.36. The zero-order valence-corrected chi connectivity index (χ0v) is 26.9.